The molecule has 0 fully saturated rings. The van der Waals surface area contributed by atoms with Crippen LogP contribution in [0.1, 0.15) is 15.9 Å². The van der Waals surface area contributed by atoms with Gasteiger partial charge in [-0.05, 0) is 41.5 Å². The van der Waals surface area contributed by atoms with Gasteiger partial charge in [-0.15, -0.1) is 11.3 Å². The topological polar surface area (TPSA) is 55.4 Å². The summed E-state index contributed by atoms with van der Waals surface area (Å²) < 4.78 is 18.1. The lowest BCUT2D eigenvalue weighted by atomic mass is 10.0. The lowest BCUT2D eigenvalue weighted by Gasteiger charge is -2.07. The van der Waals surface area contributed by atoms with Gasteiger partial charge in [0.2, 0.25) is 5.91 Å². The van der Waals surface area contributed by atoms with Gasteiger partial charge in [0, 0.05) is 27.1 Å². The Morgan fingerprint density at radius 1 is 1.14 bits per heavy atom. The average molecular weight is 450 g/mol. The number of carbonyl (C=O) groups is 2. The fraction of sp³-hybridized carbons (Fsp3) is 0.0476. The Kier molecular flexibility index (Phi) is 6.69. The van der Waals surface area contributed by atoms with E-state index in [0.29, 0.717) is 31.7 Å². The number of nitrogens with one attached hydrogen (secondary N) is 1. The molecular formula is C21H14Cl2FNO3S. The standard InChI is InChI=1S/C21H14Cl2FNO3S/c1-28-21(27)19-16(12-3-7-15(24)8-4-12)11-29-20(19)25-18(26)9-5-13-2-6-14(22)10-17(13)23/h2-11H,1H3,(H,25,26)/b9-5+. The number of halogens is 3. The van der Waals surface area contributed by atoms with Crippen molar-refractivity contribution in [3.05, 3.63) is 80.9 Å². The van der Waals surface area contributed by atoms with Crippen LogP contribution in [0, 0.1) is 5.82 Å². The zero-order chi connectivity index (χ0) is 21.0. The third-order valence-electron chi connectivity index (χ3n) is 3.95. The van der Waals surface area contributed by atoms with Crippen molar-refractivity contribution < 1.29 is 18.7 Å². The van der Waals surface area contributed by atoms with E-state index in [4.69, 9.17) is 27.9 Å². The van der Waals surface area contributed by atoms with E-state index in [1.165, 1.54) is 36.7 Å². The number of benzene rings is 2. The van der Waals surface area contributed by atoms with Crippen LogP contribution in [0.25, 0.3) is 17.2 Å². The molecule has 0 bridgehead atoms. The van der Waals surface area contributed by atoms with Crippen molar-refractivity contribution in [3.8, 4) is 11.1 Å². The predicted octanol–water partition coefficient (Wildman–Crippen LogP) is 6.30. The fourth-order valence-corrected chi connectivity index (χ4v) is 3.98. The maximum Gasteiger partial charge on any atom is 0.341 e. The largest absolute Gasteiger partial charge is 0.465 e. The Morgan fingerprint density at radius 2 is 1.86 bits per heavy atom. The highest BCUT2D eigenvalue weighted by atomic mass is 35.5. The summed E-state index contributed by atoms with van der Waals surface area (Å²) in [6.45, 7) is 0. The lowest BCUT2D eigenvalue weighted by Crippen LogP contribution is -2.11. The van der Waals surface area contributed by atoms with Crippen molar-refractivity contribution in [3.63, 3.8) is 0 Å². The molecule has 2 aromatic carbocycles. The van der Waals surface area contributed by atoms with Crippen LogP contribution in [-0.4, -0.2) is 19.0 Å². The van der Waals surface area contributed by atoms with Gasteiger partial charge in [0.25, 0.3) is 0 Å². The quantitative estimate of drug-likeness (QED) is 0.367. The summed E-state index contributed by atoms with van der Waals surface area (Å²) in [5.41, 5.74) is 2.00. The Labute approximate surface area is 180 Å². The summed E-state index contributed by atoms with van der Waals surface area (Å²) in [6, 6.07) is 10.6. The average Bonchev–Trinajstić information content (AvgIpc) is 3.10. The second-order valence-corrected chi connectivity index (χ2v) is 7.56. The highest BCUT2D eigenvalue weighted by Gasteiger charge is 2.22. The monoisotopic (exact) mass is 449 g/mol. The van der Waals surface area contributed by atoms with E-state index in [-0.39, 0.29) is 11.4 Å². The van der Waals surface area contributed by atoms with Crippen LogP contribution in [0.5, 0.6) is 0 Å². The highest BCUT2D eigenvalue weighted by molar-refractivity contribution is 7.15. The zero-order valence-corrected chi connectivity index (χ0v) is 17.4. The molecule has 0 aliphatic carbocycles. The lowest BCUT2D eigenvalue weighted by molar-refractivity contribution is -0.111. The van der Waals surface area contributed by atoms with Gasteiger partial charge in [0.15, 0.2) is 0 Å². The molecule has 1 aromatic heterocycles. The van der Waals surface area contributed by atoms with Crippen molar-refractivity contribution in [2.24, 2.45) is 0 Å². The number of methoxy groups -OCH3 is 1. The van der Waals surface area contributed by atoms with Crippen LogP contribution in [0.2, 0.25) is 10.0 Å². The number of ether oxygens (including phenoxy) is 1. The third kappa shape index (κ3) is 5.03. The molecule has 29 heavy (non-hydrogen) atoms. The molecule has 3 aromatic rings. The van der Waals surface area contributed by atoms with Gasteiger partial charge in [-0.2, -0.15) is 0 Å². The summed E-state index contributed by atoms with van der Waals surface area (Å²) in [4.78, 5) is 24.7. The van der Waals surface area contributed by atoms with E-state index in [1.54, 1.807) is 41.8 Å². The van der Waals surface area contributed by atoms with Crippen molar-refractivity contribution in [2.45, 2.75) is 0 Å². The highest BCUT2D eigenvalue weighted by Crippen LogP contribution is 2.36. The van der Waals surface area contributed by atoms with Gasteiger partial charge in [-0.1, -0.05) is 41.4 Å². The number of amides is 1. The molecule has 148 valence electrons. The molecule has 0 spiro atoms. The fourth-order valence-electron chi connectivity index (χ4n) is 2.55. The Balaban J connectivity index is 1.86. The number of esters is 1. The molecule has 0 aliphatic heterocycles. The predicted molar refractivity (Wildman–Crippen MR) is 115 cm³/mol. The van der Waals surface area contributed by atoms with E-state index < -0.39 is 11.9 Å². The number of rotatable bonds is 5. The second-order valence-electron chi connectivity index (χ2n) is 5.84. The smallest absolute Gasteiger partial charge is 0.341 e. The molecule has 0 unspecified atom stereocenters. The van der Waals surface area contributed by atoms with E-state index >= 15 is 0 Å². The molecule has 0 saturated heterocycles. The van der Waals surface area contributed by atoms with Gasteiger partial charge in [0.1, 0.15) is 16.4 Å². The van der Waals surface area contributed by atoms with E-state index in [2.05, 4.69) is 5.32 Å². The van der Waals surface area contributed by atoms with Crippen LogP contribution in [0.15, 0.2) is 53.9 Å². The first-order valence-electron chi connectivity index (χ1n) is 8.29. The molecule has 1 amide bonds. The first-order chi connectivity index (χ1) is 13.9. The first-order valence-corrected chi connectivity index (χ1v) is 9.92. The Hall–Kier alpha value is -2.67. The summed E-state index contributed by atoms with van der Waals surface area (Å²) in [7, 11) is 1.25. The van der Waals surface area contributed by atoms with Crippen LogP contribution < -0.4 is 5.32 Å². The van der Waals surface area contributed by atoms with Crippen LogP contribution in [0.3, 0.4) is 0 Å². The van der Waals surface area contributed by atoms with Crippen LogP contribution >= 0.6 is 34.5 Å². The SMILES string of the molecule is COC(=O)c1c(-c2ccc(F)cc2)csc1NC(=O)/C=C/c1ccc(Cl)cc1Cl. The molecule has 0 radical (unpaired) electrons. The normalized spacial score (nSPS) is 10.9. The molecule has 4 nitrogen and oxygen atoms in total. The van der Waals surface area contributed by atoms with Gasteiger partial charge < -0.3 is 10.1 Å². The molecule has 0 aliphatic rings. The minimum absolute atomic E-state index is 0.204. The van der Waals surface area contributed by atoms with Crippen LogP contribution in [-0.2, 0) is 9.53 Å². The molecular weight excluding hydrogens is 436 g/mol. The van der Waals surface area contributed by atoms with Crippen molar-refractivity contribution in [2.75, 3.05) is 12.4 Å². The van der Waals surface area contributed by atoms with E-state index in [0.717, 1.165) is 0 Å². The maximum absolute atomic E-state index is 13.2. The van der Waals surface area contributed by atoms with Crippen molar-refractivity contribution in [1.29, 1.82) is 0 Å². The van der Waals surface area contributed by atoms with Crippen molar-refractivity contribution >= 4 is 57.5 Å². The Morgan fingerprint density at radius 3 is 2.52 bits per heavy atom. The van der Waals surface area contributed by atoms with Gasteiger partial charge in [-0.25, -0.2) is 9.18 Å². The minimum Gasteiger partial charge on any atom is -0.465 e. The third-order valence-corrected chi connectivity index (χ3v) is 5.41. The van der Waals surface area contributed by atoms with Crippen LogP contribution in [0.4, 0.5) is 9.39 Å². The molecule has 3 rings (SSSR count). The van der Waals surface area contributed by atoms with E-state index in [9.17, 15) is 14.0 Å². The Bertz CT molecular complexity index is 1090. The summed E-state index contributed by atoms with van der Waals surface area (Å²) in [5.74, 6) is -1.44. The maximum atomic E-state index is 13.2. The molecule has 1 N–H and O–H groups in total. The number of hydrogen-bond acceptors (Lipinski definition) is 4. The summed E-state index contributed by atoms with van der Waals surface area (Å²) in [5, 5.41) is 5.61. The van der Waals surface area contributed by atoms with E-state index in [1.807, 2.05) is 0 Å². The second kappa shape index (κ2) is 9.22. The molecule has 8 heteroatoms. The summed E-state index contributed by atoms with van der Waals surface area (Å²) in [6.07, 6.45) is 2.84. The number of thiophene rings is 1. The zero-order valence-electron chi connectivity index (χ0n) is 15.0. The van der Waals surface area contributed by atoms with Crippen molar-refractivity contribution in [1.82, 2.24) is 0 Å². The number of anilines is 1. The first kappa shape index (κ1) is 21.0. The van der Waals surface area contributed by atoms with Gasteiger partial charge in [-0.3, -0.25) is 4.79 Å². The molecule has 0 saturated carbocycles. The number of hydrogen-bond donors (Lipinski definition) is 1. The minimum atomic E-state index is -0.606. The van der Waals surface area contributed by atoms with Gasteiger partial charge >= 0.3 is 5.97 Å². The number of carbonyl (C=O) groups excluding carboxylic acids is 2. The molecule has 1 heterocycles. The summed E-state index contributed by atoms with van der Waals surface area (Å²) >= 11 is 13.1. The molecule has 0 atom stereocenters. The van der Waals surface area contributed by atoms with Gasteiger partial charge in [0.05, 0.1) is 7.11 Å².